The quantitative estimate of drug-likeness (QED) is 0.647. The number of nitro benzene ring substituents is 1. The van der Waals surface area contributed by atoms with Crippen molar-refractivity contribution in [1.29, 1.82) is 0 Å². The summed E-state index contributed by atoms with van der Waals surface area (Å²) in [6, 6.07) is 3.02. The number of hydrogen-bond donors (Lipinski definition) is 1. The van der Waals surface area contributed by atoms with Crippen LogP contribution < -0.4 is 5.32 Å². The Labute approximate surface area is 126 Å². The fourth-order valence-electron chi connectivity index (χ4n) is 1.60. The number of thiazole rings is 1. The number of aromatic nitrogens is 1. The van der Waals surface area contributed by atoms with Gasteiger partial charge in [-0.1, -0.05) is 11.6 Å². The van der Waals surface area contributed by atoms with Gasteiger partial charge in [0.25, 0.3) is 5.69 Å². The molecule has 8 heteroatoms. The third-order valence-corrected chi connectivity index (χ3v) is 4.19. The van der Waals surface area contributed by atoms with Gasteiger partial charge in [-0.25, -0.2) is 4.98 Å². The molecule has 19 heavy (non-hydrogen) atoms. The molecule has 0 spiro atoms. The Bertz CT molecular complexity index is 609. The molecule has 2 aromatic rings. The number of benzene rings is 1. The van der Waals surface area contributed by atoms with Gasteiger partial charge in [0.1, 0.15) is 0 Å². The fourth-order valence-corrected chi connectivity index (χ4v) is 3.20. The zero-order chi connectivity index (χ0) is 14.0. The van der Waals surface area contributed by atoms with Crippen molar-refractivity contribution in [2.75, 3.05) is 5.32 Å². The first kappa shape index (κ1) is 14.2. The van der Waals surface area contributed by atoms with Crippen molar-refractivity contribution < 1.29 is 4.92 Å². The van der Waals surface area contributed by atoms with Gasteiger partial charge in [0.05, 0.1) is 17.2 Å². The van der Waals surface area contributed by atoms with Gasteiger partial charge >= 0.3 is 0 Å². The molecule has 1 aromatic heterocycles. The lowest BCUT2D eigenvalue weighted by Crippen LogP contribution is -2.01. The minimum absolute atomic E-state index is 0.0655. The van der Waals surface area contributed by atoms with Crippen LogP contribution in [0.25, 0.3) is 0 Å². The van der Waals surface area contributed by atoms with E-state index in [0.29, 0.717) is 15.5 Å². The lowest BCUT2D eigenvalue weighted by Gasteiger charge is -2.10. The second-order valence-corrected chi connectivity index (χ2v) is 6.36. The van der Waals surface area contributed by atoms with Gasteiger partial charge < -0.3 is 5.32 Å². The molecular formula is C11H9BrClN3O2S. The Kier molecular flexibility index (Phi) is 4.38. The second-order valence-electron chi connectivity index (χ2n) is 3.81. The van der Waals surface area contributed by atoms with Gasteiger partial charge in [0.15, 0.2) is 4.47 Å². The Hall–Kier alpha value is -1.18. The first-order valence-electron chi connectivity index (χ1n) is 5.26. The van der Waals surface area contributed by atoms with Crippen LogP contribution in [0.5, 0.6) is 0 Å². The summed E-state index contributed by atoms with van der Waals surface area (Å²) >= 11 is 10.5. The van der Waals surface area contributed by atoms with E-state index in [9.17, 15) is 10.1 Å². The highest BCUT2D eigenvalue weighted by Crippen LogP contribution is 2.31. The number of anilines is 1. The monoisotopic (exact) mass is 361 g/mol. The Morgan fingerprint density at radius 3 is 2.84 bits per heavy atom. The van der Waals surface area contributed by atoms with E-state index in [1.54, 1.807) is 6.20 Å². The van der Waals surface area contributed by atoms with Crippen molar-refractivity contribution in [2.24, 2.45) is 0 Å². The van der Waals surface area contributed by atoms with Crippen molar-refractivity contribution in [2.45, 2.75) is 13.5 Å². The molecule has 0 amide bonds. The summed E-state index contributed by atoms with van der Waals surface area (Å²) < 4.78 is 1.16. The average Bonchev–Trinajstić information content (AvgIpc) is 2.73. The lowest BCUT2D eigenvalue weighted by molar-refractivity contribution is -0.385. The Balaban J connectivity index is 2.18. The highest BCUT2D eigenvalue weighted by molar-refractivity contribution is 9.10. The molecule has 5 nitrogen and oxygen atoms in total. The first-order chi connectivity index (χ1) is 8.97. The number of rotatable bonds is 4. The van der Waals surface area contributed by atoms with Gasteiger partial charge in [0.2, 0.25) is 0 Å². The minimum Gasteiger partial charge on any atom is -0.379 e. The Morgan fingerprint density at radius 2 is 2.32 bits per heavy atom. The van der Waals surface area contributed by atoms with Crippen LogP contribution in [0.4, 0.5) is 11.4 Å². The predicted molar refractivity (Wildman–Crippen MR) is 80.0 cm³/mol. The van der Waals surface area contributed by atoms with E-state index < -0.39 is 4.92 Å². The molecule has 0 saturated heterocycles. The zero-order valence-electron chi connectivity index (χ0n) is 9.81. The predicted octanol–water partition coefficient (Wildman–Crippen LogP) is 4.39. The number of non-ortho nitro benzene ring substituents is 1. The molecule has 0 unspecified atom stereocenters. The summed E-state index contributed by atoms with van der Waals surface area (Å²) in [7, 11) is 0. The van der Waals surface area contributed by atoms with E-state index in [0.717, 1.165) is 16.1 Å². The highest BCUT2D eigenvalue weighted by Gasteiger charge is 2.13. The summed E-state index contributed by atoms with van der Waals surface area (Å²) in [6.07, 6.45) is 1.70. The highest BCUT2D eigenvalue weighted by atomic mass is 79.9. The maximum Gasteiger partial charge on any atom is 0.270 e. The largest absolute Gasteiger partial charge is 0.379 e. The molecule has 2 rings (SSSR count). The summed E-state index contributed by atoms with van der Waals surface area (Å²) in [4.78, 5) is 15.3. The topological polar surface area (TPSA) is 68.1 Å². The SMILES string of the molecule is Cc1cc([N+](=O)[O-])cc(Br)c1NCc1cnc(Cl)s1. The normalized spacial score (nSPS) is 10.5. The van der Waals surface area contributed by atoms with Crippen LogP contribution in [0.1, 0.15) is 10.4 Å². The van der Waals surface area contributed by atoms with E-state index in [4.69, 9.17) is 11.6 Å². The summed E-state index contributed by atoms with van der Waals surface area (Å²) in [5.74, 6) is 0. The molecule has 0 aliphatic carbocycles. The summed E-state index contributed by atoms with van der Waals surface area (Å²) in [5, 5.41) is 14.0. The number of nitrogens with one attached hydrogen (secondary N) is 1. The van der Waals surface area contributed by atoms with E-state index in [2.05, 4.69) is 26.2 Å². The molecule has 0 aliphatic rings. The third kappa shape index (κ3) is 3.43. The average molecular weight is 363 g/mol. The zero-order valence-corrected chi connectivity index (χ0v) is 13.0. The van der Waals surface area contributed by atoms with Gasteiger partial charge in [-0.2, -0.15) is 0 Å². The summed E-state index contributed by atoms with van der Waals surface area (Å²) in [5.41, 5.74) is 1.70. The minimum atomic E-state index is -0.412. The number of nitro groups is 1. The molecule has 0 radical (unpaired) electrons. The van der Waals surface area contributed by atoms with E-state index in [1.165, 1.54) is 23.5 Å². The molecule has 0 aliphatic heterocycles. The van der Waals surface area contributed by atoms with E-state index in [1.807, 2.05) is 6.92 Å². The number of halogens is 2. The van der Waals surface area contributed by atoms with Crippen LogP contribution in [-0.2, 0) is 6.54 Å². The van der Waals surface area contributed by atoms with Crippen LogP contribution in [0.2, 0.25) is 4.47 Å². The molecule has 0 atom stereocenters. The van der Waals surface area contributed by atoms with Crippen molar-refractivity contribution in [3.05, 3.63) is 47.8 Å². The Morgan fingerprint density at radius 1 is 1.58 bits per heavy atom. The molecule has 1 heterocycles. The molecular weight excluding hydrogens is 354 g/mol. The number of aryl methyl sites for hydroxylation is 1. The summed E-state index contributed by atoms with van der Waals surface area (Å²) in [6.45, 7) is 2.39. The fraction of sp³-hybridized carbons (Fsp3) is 0.182. The van der Waals surface area contributed by atoms with Crippen LogP contribution >= 0.6 is 38.9 Å². The van der Waals surface area contributed by atoms with Crippen LogP contribution in [0.3, 0.4) is 0 Å². The molecule has 1 aromatic carbocycles. The van der Waals surface area contributed by atoms with Crippen LogP contribution in [0.15, 0.2) is 22.8 Å². The molecule has 0 saturated carbocycles. The van der Waals surface area contributed by atoms with Crippen molar-refractivity contribution in [3.63, 3.8) is 0 Å². The lowest BCUT2D eigenvalue weighted by atomic mass is 10.2. The smallest absolute Gasteiger partial charge is 0.270 e. The van der Waals surface area contributed by atoms with E-state index >= 15 is 0 Å². The van der Waals surface area contributed by atoms with Crippen LogP contribution in [-0.4, -0.2) is 9.91 Å². The van der Waals surface area contributed by atoms with E-state index in [-0.39, 0.29) is 5.69 Å². The molecule has 0 fully saturated rings. The third-order valence-electron chi connectivity index (χ3n) is 2.45. The maximum absolute atomic E-state index is 10.7. The standard InChI is InChI=1S/C11H9BrClN3O2S/c1-6-2-7(16(17)18)3-9(12)10(6)14-4-8-5-15-11(13)19-8/h2-3,5,14H,4H2,1H3. The van der Waals surface area contributed by atoms with Crippen LogP contribution in [0, 0.1) is 17.0 Å². The number of nitrogens with zero attached hydrogens (tertiary/aromatic N) is 2. The second kappa shape index (κ2) is 5.85. The van der Waals surface area contributed by atoms with Gasteiger partial charge in [-0.15, -0.1) is 11.3 Å². The van der Waals surface area contributed by atoms with Gasteiger partial charge in [-0.3, -0.25) is 10.1 Å². The van der Waals surface area contributed by atoms with Gasteiger partial charge in [0, 0.05) is 27.7 Å². The maximum atomic E-state index is 10.7. The molecule has 1 N–H and O–H groups in total. The van der Waals surface area contributed by atoms with Crippen molar-refractivity contribution in [1.82, 2.24) is 4.98 Å². The molecule has 100 valence electrons. The van der Waals surface area contributed by atoms with Crippen molar-refractivity contribution >= 4 is 50.2 Å². The van der Waals surface area contributed by atoms with Crippen molar-refractivity contribution in [3.8, 4) is 0 Å². The van der Waals surface area contributed by atoms with Gasteiger partial charge in [-0.05, 0) is 28.4 Å². The first-order valence-corrected chi connectivity index (χ1v) is 7.24. The molecule has 0 bridgehead atoms. The number of hydrogen-bond acceptors (Lipinski definition) is 5.